The van der Waals surface area contributed by atoms with Gasteiger partial charge in [0, 0.05) is 5.39 Å². The van der Waals surface area contributed by atoms with Crippen molar-refractivity contribution in [2.75, 3.05) is 13.7 Å². The van der Waals surface area contributed by atoms with Crippen molar-refractivity contribution in [3.05, 3.63) is 72.0 Å². The Kier molecular flexibility index (Phi) is 4.24. The summed E-state index contributed by atoms with van der Waals surface area (Å²) < 4.78 is 24.1. The van der Waals surface area contributed by atoms with Crippen LogP contribution in [0.25, 0.3) is 10.8 Å². The molecule has 3 aromatic rings. The topological polar surface area (TPSA) is 35.5 Å². The standard InChI is InChI=1S/C19H15FO3/c1-22-18-10-9-14(20)11-16(18)17(21)12-23-19-8-4-6-13-5-2-3-7-15(13)19/h2-11H,12H2,1H3. The first kappa shape index (κ1) is 15.0. The number of methoxy groups -OCH3 is 1. The number of carbonyl (C=O) groups excluding carboxylic acids is 1. The molecular weight excluding hydrogens is 295 g/mol. The van der Waals surface area contributed by atoms with Gasteiger partial charge in [0.2, 0.25) is 5.78 Å². The maximum absolute atomic E-state index is 13.4. The molecule has 0 bridgehead atoms. The molecule has 3 nitrogen and oxygen atoms in total. The Bertz CT molecular complexity index is 853. The van der Waals surface area contributed by atoms with E-state index < -0.39 is 5.82 Å². The second-order valence-corrected chi connectivity index (χ2v) is 5.03. The number of carbonyl (C=O) groups is 1. The highest BCUT2D eigenvalue weighted by Crippen LogP contribution is 2.26. The smallest absolute Gasteiger partial charge is 0.204 e. The van der Waals surface area contributed by atoms with Crippen LogP contribution >= 0.6 is 0 Å². The largest absolute Gasteiger partial charge is 0.496 e. The molecule has 116 valence electrons. The Morgan fingerprint density at radius 1 is 1.00 bits per heavy atom. The van der Waals surface area contributed by atoms with Gasteiger partial charge in [-0.05, 0) is 29.7 Å². The Balaban J connectivity index is 1.83. The van der Waals surface area contributed by atoms with E-state index in [0.717, 1.165) is 16.8 Å². The second kappa shape index (κ2) is 6.48. The van der Waals surface area contributed by atoms with Gasteiger partial charge in [-0.25, -0.2) is 4.39 Å². The van der Waals surface area contributed by atoms with Crippen molar-refractivity contribution < 1.29 is 18.7 Å². The molecule has 23 heavy (non-hydrogen) atoms. The Hall–Kier alpha value is -2.88. The van der Waals surface area contributed by atoms with Crippen LogP contribution in [0, 0.1) is 5.82 Å². The van der Waals surface area contributed by atoms with E-state index in [-0.39, 0.29) is 18.0 Å². The summed E-state index contributed by atoms with van der Waals surface area (Å²) in [5.41, 5.74) is 0.174. The highest BCUT2D eigenvalue weighted by Gasteiger charge is 2.14. The van der Waals surface area contributed by atoms with Crippen LogP contribution in [0.3, 0.4) is 0 Å². The molecule has 0 unspecified atom stereocenters. The fourth-order valence-electron chi connectivity index (χ4n) is 2.44. The molecule has 3 rings (SSSR count). The van der Waals surface area contributed by atoms with Gasteiger partial charge in [0.25, 0.3) is 0 Å². The predicted octanol–water partition coefficient (Wildman–Crippen LogP) is 4.25. The van der Waals surface area contributed by atoms with Crippen LogP contribution in [0.15, 0.2) is 60.7 Å². The Labute approximate surface area is 133 Å². The first-order valence-corrected chi connectivity index (χ1v) is 7.16. The minimum atomic E-state index is -0.487. The van der Waals surface area contributed by atoms with Crippen molar-refractivity contribution in [1.29, 1.82) is 0 Å². The molecule has 0 N–H and O–H groups in total. The van der Waals surface area contributed by atoms with Gasteiger partial charge in [-0.15, -0.1) is 0 Å². The number of hydrogen-bond acceptors (Lipinski definition) is 3. The SMILES string of the molecule is COc1ccc(F)cc1C(=O)COc1cccc2ccccc12. The van der Waals surface area contributed by atoms with Crippen molar-refractivity contribution in [2.24, 2.45) is 0 Å². The number of ether oxygens (including phenoxy) is 2. The average Bonchev–Trinajstić information content (AvgIpc) is 2.59. The molecule has 0 aliphatic carbocycles. The number of ketones is 1. The lowest BCUT2D eigenvalue weighted by atomic mass is 10.1. The van der Waals surface area contributed by atoms with Gasteiger partial charge in [0.05, 0.1) is 12.7 Å². The van der Waals surface area contributed by atoms with E-state index in [1.54, 1.807) is 6.07 Å². The van der Waals surface area contributed by atoms with Crippen LogP contribution in [0.5, 0.6) is 11.5 Å². The molecule has 0 fully saturated rings. The summed E-state index contributed by atoms with van der Waals surface area (Å²) in [6.07, 6.45) is 0. The third-order valence-corrected chi connectivity index (χ3v) is 3.57. The summed E-state index contributed by atoms with van der Waals surface area (Å²) >= 11 is 0. The van der Waals surface area contributed by atoms with Crippen molar-refractivity contribution in [1.82, 2.24) is 0 Å². The zero-order valence-corrected chi connectivity index (χ0v) is 12.6. The van der Waals surface area contributed by atoms with E-state index in [2.05, 4.69) is 0 Å². The van der Waals surface area contributed by atoms with Crippen molar-refractivity contribution in [2.45, 2.75) is 0 Å². The normalized spacial score (nSPS) is 10.5. The van der Waals surface area contributed by atoms with Crippen LogP contribution in [-0.4, -0.2) is 19.5 Å². The molecule has 0 aliphatic rings. The minimum absolute atomic E-state index is 0.174. The fourth-order valence-corrected chi connectivity index (χ4v) is 2.44. The maximum atomic E-state index is 13.4. The number of fused-ring (bicyclic) bond motifs is 1. The van der Waals surface area contributed by atoms with Gasteiger partial charge in [-0.3, -0.25) is 4.79 Å². The minimum Gasteiger partial charge on any atom is -0.496 e. The Morgan fingerprint density at radius 3 is 2.61 bits per heavy atom. The molecule has 0 heterocycles. The highest BCUT2D eigenvalue weighted by molar-refractivity contribution is 6.00. The molecule has 0 aliphatic heterocycles. The van der Waals surface area contributed by atoms with E-state index >= 15 is 0 Å². The summed E-state index contributed by atoms with van der Waals surface area (Å²) in [5, 5.41) is 1.95. The molecule has 0 radical (unpaired) electrons. The quantitative estimate of drug-likeness (QED) is 0.661. The van der Waals surface area contributed by atoms with Crippen molar-refractivity contribution in [3.63, 3.8) is 0 Å². The molecule has 0 saturated heterocycles. The number of rotatable bonds is 5. The third kappa shape index (κ3) is 3.16. The predicted molar refractivity (Wildman–Crippen MR) is 86.7 cm³/mol. The van der Waals surface area contributed by atoms with Crippen LogP contribution in [0.4, 0.5) is 4.39 Å². The third-order valence-electron chi connectivity index (χ3n) is 3.57. The van der Waals surface area contributed by atoms with Crippen LogP contribution in [-0.2, 0) is 0 Å². The monoisotopic (exact) mass is 310 g/mol. The molecular formula is C19H15FO3. The summed E-state index contributed by atoms with van der Waals surface area (Å²) in [6, 6.07) is 17.2. The van der Waals surface area contributed by atoms with Gasteiger partial charge < -0.3 is 9.47 Å². The summed E-state index contributed by atoms with van der Waals surface area (Å²) in [4.78, 5) is 12.3. The summed E-state index contributed by atoms with van der Waals surface area (Å²) in [7, 11) is 1.44. The molecule has 0 saturated carbocycles. The number of benzene rings is 3. The lowest BCUT2D eigenvalue weighted by molar-refractivity contribution is 0.0919. The zero-order valence-electron chi connectivity index (χ0n) is 12.6. The molecule has 3 aromatic carbocycles. The summed E-state index contributed by atoms with van der Waals surface area (Å²) in [5.74, 6) is 0.123. The molecule has 0 aromatic heterocycles. The zero-order chi connectivity index (χ0) is 16.2. The van der Waals surface area contributed by atoms with Gasteiger partial charge >= 0.3 is 0 Å². The first-order valence-electron chi connectivity index (χ1n) is 7.16. The van der Waals surface area contributed by atoms with Crippen LogP contribution < -0.4 is 9.47 Å². The number of Topliss-reactive ketones (excluding diaryl/α,β-unsaturated/α-hetero) is 1. The van der Waals surface area contributed by atoms with Gasteiger partial charge in [-0.1, -0.05) is 36.4 Å². The van der Waals surface area contributed by atoms with Gasteiger partial charge in [0.15, 0.2) is 6.61 Å². The summed E-state index contributed by atoms with van der Waals surface area (Å²) in [6.45, 7) is -0.187. The van der Waals surface area contributed by atoms with E-state index in [1.807, 2.05) is 36.4 Å². The van der Waals surface area contributed by atoms with Crippen molar-refractivity contribution in [3.8, 4) is 11.5 Å². The molecule has 0 amide bonds. The number of hydrogen-bond donors (Lipinski definition) is 0. The van der Waals surface area contributed by atoms with Gasteiger partial charge in [0.1, 0.15) is 17.3 Å². The fraction of sp³-hybridized carbons (Fsp3) is 0.105. The first-order chi connectivity index (χ1) is 11.2. The van der Waals surface area contributed by atoms with Gasteiger partial charge in [-0.2, -0.15) is 0 Å². The van der Waals surface area contributed by atoms with E-state index in [0.29, 0.717) is 11.5 Å². The molecule has 4 heteroatoms. The van der Waals surface area contributed by atoms with E-state index in [1.165, 1.54) is 19.2 Å². The van der Waals surface area contributed by atoms with E-state index in [9.17, 15) is 9.18 Å². The molecule has 0 spiro atoms. The van der Waals surface area contributed by atoms with Crippen molar-refractivity contribution >= 4 is 16.6 Å². The highest BCUT2D eigenvalue weighted by atomic mass is 19.1. The van der Waals surface area contributed by atoms with Crippen LogP contribution in [0.1, 0.15) is 10.4 Å². The average molecular weight is 310 g/mol. The van der Waals surface area contributed by atoms with E-state index in [4.69, 9.17) is 9.47 Å². The lowest BCUT2D eigenvalue weighted by Crippen LogP contribution is -2.13. The van der Waals surface area contributed by atoms with Crippen LogP contribution in [0.2, 0.25) is 0 Å². The second-order valence-electron chi connectivity index (χ2n) is 5.03. The molecule has 0 atom stereocenters. The Morgan fingerprint density at radius 2 is 1.78 bits per heavy atom. The maximum Gasteiger partial charge on any atom is 0.204 e. The number of halogens is 1. The lowest BCUT2D eigenvalue weighted by Gasteiger charge is -2.11.